The second-order valence-electron chi connectivity index (χ2n) is 8.95. The number of benzene rings is 2. The lowest BCUT2D eigenvalue weighted by atomic mass is 10.0. The number of nitrogens with zero attached hydrogens (tertiary/aromatic N) is 3. The van der Waals surface area contributed by atoms with Gasteiger partial charge in [0.1, 0.15) is 0 Å². The Kier molecular flexibility index (Phi) is 7.11. The molecule has 4 aromatic rings. The summed E-state index contributed by atoms with van der Waals surface area (Å²) in [4.78, 5) is 17.5. The van der Waals surface area contributed by atoms with Gasteiger partial charge in [-0.15, -0.1) is 5.10 Å². The van der Waals surface area contributed by atoms with Crippen LogP contribution < -0.4 is 10.6 Å². The minimum atomic E-state index is -0.385. The largest absolute Gasteiger partial charge is 0.459 e. The monoisotopic (exact) mass is 457 g/mol. The molecular formula is C27H31N5O2. The maximum Gasteiger partial charge on any atom is 0.317 e. The molecule has 0 atom stereocenters. The molecule has 0 bridgehead atoms. The van der Waals surface area contributed by atoms with Crippen molar-refractivity contribution < 1.29 is 9.21 Å². The van der Waals surface area contributed by atoms with Crippen molar-refractivity contribution in [1.82, 2.24) is 14.8 Å². The van der Waals surface area contributed by atoms with E-state index in [-0.39, 0.29) is 11.7 Å². The first-order valence-electron chi connectivity index (χ1n) is 11.6. The molecule has 4 rings (SSSR count). The third kappa shape index (κ3) is 5.54. The van der Waals surface area contributed by atoms with Crippen LogP contribution in [-0.2, 0) is 13.1 Å². The van der Waals surface area contributed by atoms with Gasteiger partial charge in [0, 0.05) is 13.1 Å². The molecule has 7 heteroatoms. The number of hydrogen-bond acceptors (Lipinski definition) is 6. The van der Waals surface area contributed by atoms with Gasteiger partial charge in [0.15, 0.2) is 5.76 Å². The van der Waals surface area contributed by atoms with Gasteiger partial charge >= 0.3 is 5.91 Å². The van der Waals surface area contributed by atoms with Crippen LogP contribution >= 0.6 is 0 Å². The summed E-state index contributed by atoms with van der Waals surface area (Å²) in [6, 6.07) is 20.1. The zero-order chi connectivity index (χ0) is 24.1. The normalized spacial score (nSPS) is 11.2. The molecule has 0 aliphatic heterocycles. The summed E-state index contributed by atoms with van der Waals surface area (Å²) < 4.78 is 6.53. The molecule has 0 aliphatic rings. The molecule has 0 unspecified atom stereocenters. The second kappa shape index (κ2) is 10.4. The fraction of sp³-hybridized carbons (Fsp3) is 0.296. The van der Waals surface area contributed by atoms with Crippen molar-refractivity contribution in [3.8, 4) is 0 Å². The Hall–Kier alpha value is -3.87. The number of carbonyl (C=O) groups excluding carboxylic acids is 1. The summed E-state index contributed by atoms with van der Waals surface area (Å²) in [6.45, 7) is 9.75. The molecule has 2 aromatic heterocycles. The Balaban J connectivity index is 1.50. The third-order valence-corrected chi connectivity index (χ3v) is 5.73. The van der Waals surface area contributed by atoms with Gasteiger partial charge in [0.2, 0.25) is 11.9 Å². The maximum absolute atomic E-state index is 12.9. The standard InChI is InChI=1S/C27H31N5O2/c1-18(2)22-11-7-20(8-12-22)16-28-26-30-27(32(31-26)25(33)24-6-5-15-34-24)29-17-21-9-13-23(14-10-21)19(3)4/h5-15,18-19H,16-17H2,1-4H3,(H2,28,29,30,31). The van der Waals surface area contributed by atoms with Crippen LogP contribution in [0.15, 0.2) is 71.3 Å². The van der Waals surface area contributed by atoms with Gasteiger partial charge in [0.05, 0.1) is 6.26 Å². The Morgan fingerprint density at radius 3 is 1.91 bits per heavy atom. The molecular weight excluding hydrogens is 426 g/mol. The molecule has 2 N–H and O–H groups in total. The van der Waals surface area contributed by atoms with Gasteiger partial charge in [-0.3, -0.25) is 4.79 Å². The first kappa shape index (κ1) is 23.3. The highest BCUT2D eigenvalue weighted by Crippen LogP contribution is 2.18. The zero-order valence-electron chi connectivity index (χ0n) is 20.1. The van der Waals surface area contributed by atoms with Crippen molar-refractivity contribution in [2.75, 3.05) is 10.6 Å². The number of anilines is 2. The molecule has 0 radical (unpaired) electrons. The molecule has 34 heavy (non-hydrogen) atoms. The SMILES string of the molecule is CC(C)c1ccc(CNc2nc(NCc3ccc(C(C)C)cc3)n(C(=O)c3ccco3)n2)cc1. The van der Waals surface area contributed by atoms with Gasteiger partial charge in [-0.25, -0.2) is 0 Å². The van der Waals surface area contributed by atoms with E-state index in [1.54, 1.807) is 12.1 Å². The van der Waals surface area contributed by atoms with E-state index in [0.717, 1.165) is 11.1 Å². The zero-order valence-corrected chi connectivity index (χ0v) is 20.1. The van der Waals surface area contributed by atoms with Gasteiger partial charge in [-0.1, -0.05) is 76.2 Å². The molecule has 0 spiro atoms. The summed E-state index contributed by atoms with van der Waals surface area (Å²) in [7, 11) is 0. The van der Waals surface area contributed by atoms with Gasteiger partial charge < -0.3 is 15.1 Å². The van der Waals surface area contributed by atoms with Gasteiger partial charge in [-0.2, -0.15) is 9.67 Å². The predicted octanol–water partition coefficient (Wildman–Crippen LogP) is 6.03. The lowest BCUT2D eigenvalue weighted by molar-refractivity contribution is 0.0920. The minimum Gasteiger partial charge on any atom is -0.459 e. The number of aromatic nitrogens is 3. The van der Waals surface area contributed by atoms with E-state index < -0.39 is 0 Å². The summed E-state index contributed by atoms with van der Waals surface area (Å²) in [5.74, 6) is 1.50. The number of nitrogens with one attached hydrogen (secondary N) is 2. The summed E-state index contributed by atoms with van der Waals surface area (Å²) in [5.41, 5.74) is 4.78. The fourth-order valence-electron chi connectivity index (χ4n) is 3.55. The van der Waals surface area contributed by atoms with Crippen molar-refractivity contribution in [1.29, 1.82) is 0 Å². The molecule has 0 fully saturated rings. The van der Waals surface area contributed by atoms with Crippen LogP contribution in [0.5, 0.6) is 0 Å². The highest BCUT2D eigenvalue weighted by Gasteiger charge is 2.20. The van der Waals surface area contributed by atoms with Crippen molar-refractivity contribution in [2.45, 2.75) is 52.6 Å². The molecule has 0 saturated heterocycles. The van der Waals surface area contributed by atoms with E-state index in [1.165, 1.54) is 22.1 Å². The van der Waals surface area contributed by atoms with Crippen molar-refractivity contribution in [3.63, 3.8) is 0 Å². The lowest BCUT2D eigenvalue weighted by Crippen LogP contribution is -2.17. The number of furan rings is 1. The van der Waals surface area contributed by atoms with Crippen molar-refractivity contribution in [2.24, 2.45) is 0 Å². The van der Waals surface area contributed by atoms with E-state index in [2.05, 4.69) is 96.9 Å². The number of rotatable bonds is 9. The van der Waals surface area contributed by atoms with Crippen molar-refractivity contribution >= 4 is 17.8 Å². The summed E-state index contributed by atoms with van der Waals surface area (Å²) >= 11 is 0. The number of hydrogen-bond donors (Lipinski definition) is 2. The van der Waals surface area contributed by atoms with E-state index in [0.29, 0.717) is 36.8 Å². The molecule has 2 heterocycles. The van der Waals surface area contributed by atoms with Gasteiger partial charge in [-0.05, 0) is 46.2 Å². The predicted molar refractivity (Wildman–Crippen MR) is 134 cm³/mol. The quantitative estimate of drug-likeness (QED) is 0.319. The van der Waals surface area contributed by atoms with Gasteiger partial charge in [0.25, 0.3) is 0 Å². The smallest absolute Gasteiger partial charge is 0.317 e. The third-order valence-electron chi connectivity index (χ3n) is 5.73. The van der Waals surface area contributed by atoms with E-state index in [1.807, 2.05) is 0 Å². The molecule has 0 amide bonds. The topological polar surface area (TPSA) is 85.0 Å². The Labute approximate surface area is 200 Å². The fourth-order valence-corrected chi connectivity index (χ4v) is 3.55. The van der Waals surface area contributed by atoms with E-state index in [4.69, 9.17) is 4.42 Å². The molecule has 7 nitrogen and oxygen atoms in total. The Morgan fingerprint density at radius 2 is 1.41 bits per heavy atom. The van der Waals surface area contributed by atoms with Crippen LogP contribution in [0.4, 0.5) is 11.9 Å². The summed E-state index contributed by atoms with van der Waals surface area (Å²) in [5, 5.41) is 10.9. The highest BCUT2D eigenvalue weighted by molar-refractivity contribution is 5.94. The van der Waals surface area contributed by atoms with Crippen LogP contribution in [0.1, 0.15) is 72.3 Å². The van der Waals surface area contributed by atoms with E-state index in [9.17, 15) is 4.79 Å². The van der Waals surface area contributed by atoms with Crippen LogP contribution in [0.2, 0.25) is 0 Å². The molecule has 2 aromatic carbocycles. The average Bonchev–Trinajstić information content (AvgIpc) is 3.52. The second-order valence-corrected chi connectivity index (χ2v) is 8.95. The van der Waals surface area contributed by atoms with Crippen LogP contribution in [0, 0.1) is 0 Å². The average molecular weight is 458 g/mol. The first-order chi connectivity index (χ1) is 16.4. The lowest BCUT2D eigenvalue weighted by Gasteiger charge is -2.08. The first-order valence-corrected chi connectivity index (χ1v) is 11.6. The van der Waals surface area contributed by atoms with Crippen molar-refractivity contribution in [3.05, 3.63) is 94.9 Å². The minimum absolute atomic E-state index is 0.199. The Bertz CT molecular complexity index is 1210. The molecule has 0 aliphatic carbocycles. The van der Waals surface area contributed by atoms with Crippen LogP contribution in [-0.4, -0.2) is 20.7 Å². The number of carbonyl (C=O) groups is 1. The van der Waals surface area contributed by atoms with Crippen LogP contribution in [0.25, 0.3) is 0 Å². The maximum atomic E-state index is 12.9. The summed E-state index contributed by atoms with van der Waals surface area (Å²) in [6.07, 6.45) is 1.47. The van der Waals surface area contributed by atoms with E-state index >= 15 is 0 Å². The molecule has 0 saturated carbocycles. The Morgan fingerprint density at radius 1 is 0.853 bits per heavy atom. The van der Waals surface area contributed by atoms with Crippen LogP contribution in [0.3, 0.4) is 0 Å². The highest BCUT2D eigenvalue weighted by atomic mass is 16.3. The molecule has 176 valence electrons.